The second-order valence-electron chi connectivity index (χ2n) is 6.64. The Morgan fingerprint density at radius 3 is 2.60 bits per heavy atom. The fourth-order valence-electron chi connectivity index (χ4n) is 2.94. The summed E-state index contributed by atoms with van der Waals surface area (Å²) in [4.78, 5) is 0. The van der Waals surface area contributed by atoms with Crippen LogP contribution in [0.2, 0.25) is 0 Å². The van der Waals surface area contributed by atoms with Crippen molar-refractivity contribution in [2.75, 3.05) is 0 Å². The Hall–Kier alpha value is -1.37. The van der Waals surface area contributed by atoms with Gasteiger partial charge in [0.1, 0.15) is 12.4 Å². The van der Waals surface area contributed by atoms with Crippen molar-refractivity contribution >= 4 is 26.0 Å². The molecule has 25 heavy (non-hydrogen) atoms. The average Bonchev–Trinajstić information content (AvgIpc) is 2.94. The van der Waals surface area contributed by atoms with E-state index in [2.05, 4.69) is 38.9 Å². The molecule has 1 aliphatic rings. The average molecular weight is 424 g/mol. The van der Waals surface area contributed by atoms with Gasteiger partial charge in [-0.15, -0.1) is 0 Å². The first-order valence-electron chi connectivity index (χ1n) is 8.34. The van der Waals surface area contributed by atoms with Gasteiger partial charge in [0.25, 0.3) is 0 Å². The monoisotopic (exact) mass is 423 g/mol. The van der Waals surface area contributed by atoms with E-state index in [4.69, 9.17) is 4.74 Å². The molecule has 1 aliphatic carbocycles. The Kier molecular flexibility index (Phi) is 5.51. The summed E-state index contributed by atoms with van der Waals surface area (Å²) in [6, 6.07) is 14.0. The van der Waals surface area contributed by atoms with Gasteiger partial charge >= 0.3 is 0 Å². The van der Waals surface area contributed by atoms with Gasteiger partial charge in [0.2, 0.25) is 10.0 Å². The topological polar surface area (TPSA) is 55.4 Å². The van der Waals surface area contributed by atoms with E-state index < -0.39 is 15.3 Å². The van der Waals surface area contributed by atoms with Crippen molar-refractivity contribution in [3.63, 3.8) is 0 Å². The lowest BCUT2D eigenvalue weighted by Gasteiger charge is -2.14. The zero-order valence-corrected chi connectivity index (χ0v) is 16.7. The molecule has 1 N–H and O–H groups in total. The van der Waals surface area contributed by atoms with Crippen LogP contribution in [0.4, 0.5) is 0 Å². The molecule has 1 atom stereocenters. The Morgan fingerprint density at radius 2 is 1.88 bits per heavy atom. The molecule has 4 nitrogen and oxygen atoms in total. The maximum Gasteiger partial charge on any atom is 0.214 e. The lowest BCUT2D eigenvalue weighted by atomic mass is 10.1. The quantitative estimate of drug-likeness (QED) is 0.767. The standard InChI is InChI=1S/C19H22BrNO3S/c1-13(2)25(22,23)21-17-10-15-8-7-14(9-16(15)11-17)12-24-19-6-4-3-5-18(19)20/h3-9,13,17,21H,10-12H2,1-2H3/t17-/m0/s1. The van der Waals surface area contributed by atoms with Crippen LogP contribution in [-0.2, 0) is 29.5 Å². The van der Waals surface area contributed by atoms with Gasteiger partial charge in [-0.1, -0.05) is 30.3 Å². The van der Waals surface area contributed by atoms with Crippen LogP contribution in [0.15, 0.2) is 46.9 Å². The van der Waals surface area contributed by atoms with Gasteiger partial charge in [-0.05, 0) is 71.4 Å². The molecule has 2 aromatic rings. The molecule has 0 aromatic heterocycles. The molecular weight excluding hydrogens is 402 g/mol. The Bertz CT molecular complexity index is 865. The molecule has 3 rings (SSSR count). The van der Waals surface area contributed by atoms with Crippen LogP contribution in [0.3, 0.4) is 0 Å². The van der Waals surface area contributed by atoms with Crippen molar-refractivity contribution in [2.45, 2.75) is 44.6 Å². The van der Waals surface area contributed by atoms with E-state index in [9.17, 15) is 8.42 Å². The molecule has 6 heteroatoms. The predicted octanol–water partition coefficient (Wildman–Crippen LogP) is 3.82. The summed E-state index contributed by atoms with van der Waals surface area (Å²) in [5.41, 5.74) is 3.49. The number of ether oxygens (including phenoxy) is 1. The maximum absolute atomic E-state index is 12.1. The van der Waals surface area contributed by atoms with Crippen molar-refractivity contribution in [1.82, 2.24) is 4.72 Å². The number of rotatable bonds is 6. The number of nitrogens with one attached hydrogen (secondary N) is 1. The van der Waals surface area contributed by atoms with Crippen molar-refractivity contribution in [2.24, 2.45) is 0 Å². The fraction of sp³-hybridized carbons (Fsp3) is 0.368. The van der Waals surface area contributed by atoms with E-state index in [1.807, 2.05) is 24.3 Å². The highest BCUT2D eigenvalue weighted by molar-refractivity contribution is 9.10. The molecular formula is C19H22BrNO3S. The molecule has 0 radical (unpaired) electrons. The Labute approximate surface area is 157 Å². The van der Waals surface area contributed by atoms with Gasteiger partial charge in [0.05, 0.1) is 9.72 Å². The number of hydrogen-bond donors (Lipinski definition) is 1. The molecule has 0 aliphatic heterocycles. The first kappa shape index (κ1) is 18.4. The summed E-state index contributed by atoms with van der Waals surface area (Å²) in [7, 11) is -3.24. The first-order valence-corrected chi connectivity index (χ1v) is 10.7. The zero-order chi connectivity index (χ0) is 18.0. The zero-order valence-electron chi connectivity index (χ0n) is 14.3. The minimum absolute atomic E-state index is 0.0539. The van der Waals surface area contributed by atoms with Crippen molar-refractivity contribution in [1.29, 1.82) is 0 Å². The van der Waals surface area contributed by atoms with Crippen LogP contribution in [0, 0.1) is 0 Å². The van der Waals surface area contributed by atoms with Crippen molar-refractivity contribution < 1.29 is 13.2 Å². The van der Waals surface area contributed by atoms with E-state index in [0.29, 0.717) is 6.61 Å². The second kappa shape index (κ2) is 7.48. The predicted molar refractivity (Wildman–Crippen MR) is 103 cm³/mol. The van der Waals surface area contributed by atoms with Gasteiger partial charge in [0, 0.05) is 6.04 Å². The number of sulfonamides is 1. The molecule has 2 aromatic carbocycles. The number of para-hydroxylation sites is 1. The minimum atomic E-state index is -3.24. The van der Waals surface area contributed by atoms with Crippen LogP contribution in [0.5, 0.6) is 5.75 Å². The van der Waals surface area contributed by atoms with Crippen molar-refractivity contribution in [3.05, 3.63) is 63.6 Å². The molecule has 0 amide bonds. The summed E-state index contributed by atoms with van der Waals surface area (Å²) in [6.07, 6.45) is 1.47. The number of halogens is 1. The van der Waals surface area contributed by atoms with E-state index in [-0.39, 0.29) is 6.04 Å². The fourth-order valence-corrected chi connectivity index (χ4v) is 4.24. The molecule has 0 spiro atoms. The first-order chi connectivity index (χ1) is 11.8. The Balaban J connectivity index is 1.65. The lowest BCUT2D eigenvalue weighted by Crippen LogP contribution is -2.39. The highest BCUT2D eigenvalue weighted by Crippen LogP contribution is 2.27. The van der Waals surface area contributed by atoms with Crippen molar-refractivity contribution in [3.8, 4) is 5.75 Å². The van der Waals surface area contributed by atoms with Gasteiger partial charge in [-0.3, -0.25) is 0 Å². The SMILES string of the molecule is CC(C)S(=O)(=O)N[C@H]1Cc2ccc(COc3ccccc3Br)cc2C1. The number of benzene rings is 2. The molecule has 0 saturated carbocycles. The summed E-state index contributed by atoms with van der Waals surface area (Å²) < 4.78 is 33.7. The molecule has 134 valence electrons. The lowest BCUT2D eigenvalue weighted by molar-refractivity contribution is 0.304. The normalized spacial score (nSPS) is 16.9. The summed E-state index contributed by atoms with van der Waals surface area (Å²) in [5, 5.41) is -0.413. The maximum atomic E-state index is 12.1. The van der Waals surface area contributed by atoms with Crippen LogP contribution < -0.4 is 9.46 Å². The summed E-state index contributed by atoms with van der Waals surface area (Å²) in [6.45, 7) is 3.88. The second-order valence-corrected chi connectivity index (χ2v) is 9.76. The molecule has 0 bridgehead atoms. The smallest absolute Gasteiger partial charge is 0.214 e. The van der Waals surface area contributed by atoms with Crippen LogP contribution in [-0.4, -0.2) is 19.7 Å². The van der Waals surface area contributed by atoms with E-state index >= 15 is 0 Å². The molecule has 0 heterocycles. The third kappa shape index (κ3) is 4.43. The largest absolute Gasteiger partial charge is 0.488 e. The number of fused-ring (bicyclic) bond motifs is 1. The van der Waals surface area contributed by atoms with E-state index in [1.165, 1.54) is 11.1 Å². The van der Waals surface area contributed by atoms with Crippen LogP contribution >= 0.6 is 15.9 Å². The summed E-state index contributed by atoms with van der Waals surface area (Å²) in [5.74, 6) is 0.811. The van der Waals surface area contributed by atoms with Gasteiger partial charge < -0.3 is 4.74 Å². The third-order valence-electron chi connectivity index (χ3n) is 4.39. The van der Waals surface area contributed by atoms with Gasteiger partial charge in [-0.25, -0.2) is 13.1 Å². The molecule has 0 fully saturated rings. The molecule has 0 saturated heterocycles. The van der Waals surface area contributed by atoms with E-state index in [0.717, 1.165) is 28.6 Å². The Morgan fingerprint density at radius 1 is 1.16 bits per heavy atom. The number of hydrogen-bond acceptors (Lipinski definition) is 3. The van der Waals surface area contributed by atoms with Crippen LogP contribution in [0.1, 0.15) is 30.5 Å². The summed E-state index contributed by atoms with van der Waals surface area (Å²) >= 11 is 3.48. The van der Waals surface area contributed by atoms with E-state index in [1.54, 1.807) is 13.8 Å². The molecule has 0 unspecified atom stereocenters. The van der Waals surface area contributed by atoms with Gasteiger partial charge in [-0.2, -0.15) is 0 Å². The minimum Gasteiger partial charge on any atom is -0.488 e. The highest BCUT2D eigenvalue weighted by Gasteiger charge is 2.27. The van der Waals surface area contributed by atoms with Gasteiger partial charge in [0.15, 0.2) is 0 Å². The highest BCUT2D eigenvalue weighted by atomic mass is 79.9. The third-order valence-corrected chi connectivity index (χ3v) is 6.94. The van der Waals surface area contributed by atoms with Crippen LogP contribution in [0.25, 0.3) is 0 Å².